The second kappa shape index (κ2) is 4.39. The maximum atomic E-state index is 11.1. The number of ether oxygens (including phenoxy) is 1. The van der Waals surface area contributed by atoms with E-state index in [0.29, 0.717) is 11.4 Å². The number of rotatable bonds is 3. The summed E-state index contributed by atoms with van der Waals surface area (Å²) in [4.78, 5) is 7.85. The second-order valence-corrected chi connectivity index (χ2v) is 5.05. The summed E-state index contributed by atoms with van der Waals surface area (Å²) in [6.07, 6.45) is 3.24. The summed E-state index contributed by atoms with van der Waals surface area (Å²) >= 11 is 0. The number of aromatic nitrogens is 3. The van der Waals surface area contributed by atoms with Gasteiger partial charge >= 0.3 is 0 Å². The van der Waals surface area contributed by atoms with Crippen molar-refractivity contribution in [3.05, 3.63) is 24.7 Å². The molecule has 0 aliphatic heterocycles. The molecule has 0 aliphatic rings. The van der Waals surface area contributed by atoms with Crippen molar-refractivity contribution in [3.63, 3.8) is 0 Å². The molecular weight excluding hydrogens is 258 g/mol. The second-order valence-electron chi connectivity index (χ2n) is 3.63. The Morgan fingerprint density at radius 3 is 2.56 bits per heavy atom. The van der Waals surface area contributed by atoms with Gasteiger partial charge in [0, 0.05) is 19.3 Å². The molecule has 0 spiro atoms. The SMILES string of the molecule is COc1cc(S(=O)(=O)O)cc(-c2cn(C)cn2)n1. The lowest BCUT2D eigenvalue weighted by molar-refractivity contribution is 0.396. The zero-order valence-corrected chi connectivity index (χ0v) is 10.5. The highest BCUT2D eigenvalue weighted by Gasteiger charge is 2.15. The average molecular weight is 269 g/mol. The Balaban J connectivity index is 2.61. The van der Waals surface area contributed by atoms with Crippen LogP contribution in [0.2, 0.25) is 0 Å². The third kappa shape index (κ3) is 2.49. The largest absolute Gasteiger partial charge is 0.481 e. The number of nitrogens with zero attached hydrogens (tertiary/aromatic N) is 3. The normalized spacial score (nSPS) is 11.5. The quantitative estimate of drug-likeness (QED) is 0.826. The van der Waals surface area contributed by atoms with E-state index < -0.39 is 10.1 Å². The van der Waals surface area contributed by atoms with Gasteiger partial charge in [-0.3, -0.25) is 4.55 Å². The molecule has 2 heterocycles. The summed E-state index contributed by atoms with van der Waals surface area (Å²) < 4.78 is 37.9. The molecule has 0 saturated carbocycles. The lowest BCUT2D eigenvalue weighted by atomic mass is 10.3. The Labute approximate surface area is 104 Å². The maximum absolute atomic E-state index is 11.1. The minimum absolute atomic E-state index is 0.0887. The molecule has 18 heavy (non-hydrogen) atoms. The van der Waals surface area contributed by atoms with Crippen molar-refractivity contribution in [1.29, 1.82) is 0 Å². The minimum Gasteiger partial charge on any atom is -0.481 e. The summed E-state index contributed by atoms with van der Waals surface area (Å²) in [5, 5.41) is 0. The molecule has 0 amide bonds. The molecule has 0 fully saturated rings. The Bertz CT molecular complexity index is 678. The van der Waals surface area contributed by atoms with Gasteiger partial charge in [0.05, 0.1) is 19.1 Å². The van der Waals surface area contributed by atoms with Crippen LogP contribution in [0.3, 0.4) is 0 Å². The van der Waals surface area contributed by atoms with Gasteiger partial charge in [0.1, 0.15) is 10.6 Å². The van der Waals surface area contributed by atoms with E-state index in [1.807, 2.05) is 0 Å². The summed E-state index contributed by atoms with van der Waals surface area (Å²) in [5.41, 5.74) is 0.795. The Kier molecular flexibility index (Phi) is 3.05. The Morgan fingerprint density at radius 1 is 1.33 bits per heavy atom. The average Bonchev–Trinajstić information content (AvgIpc) is 2.74. The van der Waals surface area contributed by atoms with Crippen molar-refractivity contribution in [2.45, 2.75) is 4.90 Å². The smallest absolute Gasteiger partial charge is 0.294 e. The molecule has 0 radical (unpaired) electrons. The Morgan fingerprint density at radius 2 is 2.06 bits per heavy atom. The molecule has 7 nitrogen and oxygen atoms in total. The highest BCUT2D eigenvalue weighted by Crippen LogP contribution is 2.23. The van der Waals surface area contributed by atoms with Crippen molar-refractivity contribution >= 4 is 10.1 Å². The van der Waals surface area contributed by atoms with Crippen LogP contribution in [0.25, 0.3) is 11.4 Å². The third-order valence-electron chi connectivity index (χ3n) is 2.25. The summed E-state index contributed by atoms with van der Waals surface area (Å²) in [5.74, 6) is 0.0887. The van der Waals surface area contributed by atoms with Crippen LogP contribution in [0.4, 0.5) is 0 Å². The number of aryl methyl sites for hydroxylation is 1. The van der Waals surface area contributed by atoms with Crippen LogP contribution in [0, 0.1) is 0 Å². The van der Waals surface area contributed by atoms with Gasteiger partial charge in [-0.15, -0.1) is 0 Å². The van der Waals surface area contributed by atoms with Crippen molar-refractivity contribution in [2.24, 2.45) is 7.05 Å². The van der Waals surface area contributed by atoms with E-state index in [0.717, 1.165) is 6.07 Å². The molecule has 96 valence electrons. The van der Waals surface area contributed by atoms with E-state index in [4.69, 9.17) is 9.29 Å². The maximum Gasteiger partial charge on any atom is 0.294 e. The summed E-state index contributed by atoms with van der Waals surface area (Å²) in [7, 11) is -1.18. The van der Waals surface area contributed by atoms with Crippen LogP contribution >= 0.6 is 0 Å². The van der Waals surface area contributed by atoms with Crippen LogP contribution in [-0.4, -0.2) is 34.6 Å². The lowest BCUT2D eigenvalue weighted by Gasteiger charge is -2.04. The predicted molar refractivity (Wildman–Crippen MR) is 62.8 cm³/mol. The first-order valence-corrected chi connectivity index (χ1v) is 6.36. The number of hydrogen-bond donors (Lipinski definition) is 1. The van der Waals surface area contributed by atoms with Crippen molar-refractivity contribution in [3.8, 4) is 17.3 Å². The van der Waals surface area contributed by atoms with Gasteiger partial charge in [-0.2, -0.15) is 8.42 Å². The highest BCUT2D eigenvalue weighted by atomic mass is 32.2. The molecular formula is C10H11N3O4S. The summed E-state index contributed by atoms with van der Waals surface area (Å²) in [6.45, 7) is 0. The van der Waals surface area contributed by atoms with Crippen LogP contribution < -0.4 is 4.74 Å². The van der Waals surface area contributed by atoms with E-state index in [1.54, 1.807) is 24.1 Å². The molecule has 8 heteroatoms. The molecule has 0 bridgehead atoms. The van der Waals surface area contributed by atoms with Gasteiger partial charge < -0.3 is 9.30 Å². The monoisotopic (exact) mass is 269 g/mol. The van der Waals surface area contributed by atoms with Crippen molar-refractivity contribution < 1.29 is 17.7 Å². The van der Waals surface area contributed by atoms with Gasteiger partial charge in [-0.25, -0.2) is 9.97 Å². The molecule has 0 aromatic carbocycles. The first kappa shape index (κ1) is 12.5. The lowest BCUT2D eigenvalue weighted by Crippen LogP contribution is -2.01. The fraction of sp³-hybridized carbons (Fsp3) is 0.200. The number of hydrogen-bond acceptors (Lipinski definition) is 5. The molecule has 2 aromatic rings. The van der Waals surface area contributed by atoms with Crippen LogP contribution in [0.15, 0.2) is 29.6 Å². The van der Waals surface area contributed by atoms with Gasteiger partial charge in [0.25, 0.3) is 10.1 Å². The van der Waals surface area contributed by atoms with Crippen molar-refractivity contribution in [2.75, 3.05) is 7.11 Å². The molecule has 1 N–H and O–H groups in total. The van der Waals surface area contributed by atoms with E-state index in [-0.39, 0.29) is 10.8 Å². The Hall–Kier alpha value is -1.93. The van der Waals surface area contributed by atoms with Crippen LogP contribution in [0.5, 0.6) is 5.88 Å². The topological polar surface area (TPSA) is 94.3 Å². The van der Waals surface area contributed by atoms with Crippen LogP contribution in [0.1, 0.15) is 0 Å². The molecule has 2 aromatic heterocycles. The molecule has 0 unspecified atom stereocenters. The molecule has 0 aliphatic carbocycles. The molecule has 0 saturated heterocycles. The minimum atomic E-state index is -4.31. The van der Waals surface area contributed by atoms with E-state index in [1.165, 1.54) is 13.2 Å². The summed E-state index contributed by atoms with van der Waals surface area (Å²) in [6, 6.07) is 2.38. The first-order valence-electron chi connectivity index (χ1n) is 4.92. The van der Waals surface area contributed by atoms with E-state index >= 15 is 0 Å². The van der Waals surface area contributed by atoms with E-state index in [9.17, 15) is 8.42 Å². The van der Waals surface area contributed by atoms with E-state index in [2.05, 4.69) is 9.97 Å². The third-order valence-corrected chi connectivity index (χ3v) is 3.08. The first-order chi connectivity index (χ1) is 8.40. The molecule has 0 atom stereocenters. The predicted octanol–water partition coefficient (Wildman–Crippen LogP) is 0.737. The zero-order valence-electron chi connectivity index (χ0n) is 9.73. The van der Waals surface area contributed by atoms with Crippen molar-refractivity contribution in [1.82, 2.24) is 14.5 Å². The highest BCUT2D eigenvalue weighted by molar-refractivity contribution is 7.85. The zero-order chi connectivity index (χ0) is 13.3. The number of pyridine rings is 1. The number of imidazole rings is 1. The fourth-order valence-corrected chi connectivity index (χ4v) is 1.92. The van der Waals surface area contributed by atoms with Crippen LogP contribution in [-0.2, 0) is 17.2 Å². The molecule has 2 rings (SSSR count). The van der Waals surface area contributed by atoms with Gasteiger partial charge in [-0.1, -0.05) is 0 Å². The fourth-order valence-electron chi connectivity index (χ4n) is 1.41. The van der Waals surface area contributed by atoms with Gasteiger partial charge in [-0.05, 0) is 6.07 Å². The van der Waals surface area contributed by atoms with Gasteiger partial charge in [0.15, 0.2) is 0 Å². The van der Waals surface area contributed by atoms with Gasteiger partial charge in [0.2, 0.25) is 5.88 Å². The number of methoxy groups -OCH3 is 1. The standard InChI is InChI=1S/C10H11N3O4S/c1-13-5-9(11-6-13)8-3-7(18(14,15)16)4-10(12-8)17-2/h3-6H,1-2H3,(H,14,15,16).